The lowest BCUT2D eigenvalue weighted by Gasteiger charge is -2.21. The van der Waals surface area contributed by atoms with Crippen LogP contribution in [-0.2, 0) is 9.59 Å². The fourth-order valence-electron chi connectivity index (χ4n) is 4.15. The number of nitrogens with zero attached hydrogens (tertiary/aromatic N) is 4. The Balaban J connectivity index is 1.21. The van der Waals surface area contributed by atoms with Gasteiger partial charge in [-0.1, -0.05) is 6.07 Å². The third kappa shape index (κ3) is 5.19. The molecule has 1 unspecified atom stereocenters. The van der Waals surface area contributed by atoms with Crippen LogP contribution >= 0.6 is 0 Å². The monoisotopic (exact) mass is 440 g/mol. The second kappa shape index (κ2) is 9.71. The van der Waals surface area contributed by atoms with Crippen LogP contribution < -0.4 is 20.3 Å². The van der Waals surface area contributed by atoms with Gasteiger partial charge in [0, 0.05) is 45.2 Å². The summed E-state index contributed by atoms with van der Waals surface area (Å²) in [6, 6.07) is 3.67. The average molecular weight is 440 g/mol. The van der Waals surface area contributed by atoms with Crippen LogP contribution in [0.25, 0.3) is 6.08 Å². The maximum absolute atomic E-state index is 14.3. The van der Waals surface area contributed by atoms with Gasteiger partial charge >= 0.3 is 6.01 Å². The normalized spacial score (nSPS) is 21.3. The largest absolute Gasteiger partial charge is 0.453 e. The quantitative estimate of drug-likeness (QED) is 0.561. The first-order valence-electron chi connectivity index (χ1n) is 10.5. The number of aromatic nitrogens is 3. The number of anilines is 1. The van der Waals surface area contributed by atoms with Gasteiger partial charge in [0.2, 0.25) is 5.91 Å². The molecule has 2 fully saturated rings. The van der Waals surface area contributed by atoms with Crippen LogP contribution in [0.4, 0.5) is 10.2 Å². The van der Waals surface area contributed by atoms with E-state index in [1.807, 2.05) is 17.0 Å². The molecule has 2 amide bonds. The van der Waals surface area contributed by atoms with Gasteiger partial charge in [-0.25, -0.2) is 9.37 Å². The summed E-state index contributed by atoms with van der Waals surface area (Å²) in [5.41, 5.74) is 0.874. The summed E-state index contributed by atoms with van der Waals surface area (Å²) in [5.74, 6) is 0.681. The second-order valence-corrected chi connectivity index (χ2v) is 7.88. The molecule has 1 saturated heterocycles. The highest BCUT2D eigenvalue weighted by molar-refractivity contribution is 5.91. The van der Waals surface area contributed by atoms with E-state index in [9.17, 15) is 14.0 Å². The van der Waals surface area contributed by atoms with Crippen LogP contribution in [0.1, 0.15) is 12.0 Å². The van der Waals surface area contributed by atoms with Crippen LogP contribution in [0.15, 0.2) is 36.8 Å². The lowest BCUT2D eigenvalue weighted by atomic mass is 10.2. The zero-order valence-electron chi connectivity index (χ0n) is 17.7. The van der Waals surface area contributed by atoms with E-state index < -0.39 is 5.82 Å². The van der Waals surface area contributed by atoms with Gasteiger partial charge in [-0.05, 0) is 41.9 Å². The summed E-state index contributed by atoms with van der Waals surface area (Å²) in [5, 5.41) is 5.35. The smallest absolute Gasteiger partial charge is 0.319 e. The molecule has 3 atom stereocenters. The molecule has 1 saturated carbocycles. The van der Waals surface area contributed by atoms with Gasteiger partial charge in [-0.2, -0.15) is 4.98 Å². The predicted octanol–water partition coefficient (Wildman–Crippen LogP) is 1.04. The Morgan fingerprint density at radius 1 is 1.31 bits per heavy atom. The number of hydrogen-bond acceptors (Lipinski definition) is 7. The van der Waals surface area contributed by atoms with Gasteiger partial charge in [0.1, 0.15) is 0 Å². The number of amides is 2. The highest BCUT2D eigenvalue weighted by Gasteiger charge is 2.55. The molecule has 2 aliphatic rings. The second-order valence-electron chi connectivity index (χ2n) is 7.88. The Morgan fingerprint density at radius 3 is 2.84 bits per heavy atom. The number of carbonyl (C=O) groups is 2. The molecule has 10 heteroatoms. The Kier molecular flexibility index (Phi) is 6.58. The number of carbonyl (C=O) groups excluding carboxylic acids is 2. The average Bonchev–Trinajstić information content (AvgIpc) is 3.25. The molecule has 0 aromatic carbocycles. The van der Waals surface area contributed by atoms with Crippen molar-refractivity contribution in [3.63, 3.8) is 0 Å². The zero-order chi connectivity index (χ0) is 22.5. The summed E-state index contributed by atoms with van der Waals surface area (Å²) >= 11 is 0. The number of hydrogen-bond donors (Lipinski definition) is 2. The molecule has 0 spiro atoms. The van der Waals surface area contributed by atoms with E-state index in [2.05, 4.69) is 25.6 Å². The van der Waals surface area contributed by atoms with Crippen molar-refractivity contribution in [2.75, 3.05) is 38.2 Å². The minimum absolute atomic E-state index is 0.0239. The van der Waals surface area contributed by atoms with Gasteiger partial charge in [-0.3, -0.25) is 14.6 Å². The lowest BCUT2D eigenvalue weighted by molar-refractivity contribution is -0.122. The lowest BCUT2D eigenvalue weighted by Crippen LogP contribution is -2.28. The van der Waals surface area contributed by atoms with Crippen molar-refractivity contribution in [3.8, 4) is 6.01 Å². The first-order chi connectivity index (χ1) is 15.5. The predicted molar refractivity (Wildman–Crippen MR) is 115 cm³/mol. The molecule has 1 aliphatic heterocycles. The van der Waals surface area contributed by atoms with Crippen LogP contribution in [-0.4, -0.2) is 60.1 Å². The van der Waals surface area contributed by atoms with Crippen LogP contribution in [0.3, 0.4) is 0 Å². The first-order valence-corrected chi connectivity index (χ1v) is 10.5. The Hall–Kier alpha value is -3.56. The van der Waals surface area contributed by atoms with E-state index >= 15 is 0 Å². The summed E-state index contributed by atoms with van der Waals surface area (Å²) < 4.78 is 19.5. The molecule has 9 nitrogen and oxygen atoms in total. The topological polar surface area (TPSA) is 109 Å². The Morgan fingerprint density at radius 2 is 2.12 bits per heavy atom. The number of nitrogens with one attached hydrogen (secondary N) is 2. The van der Waals surface area contributed by atoms with Gasteiger partial charge in [0.15, 0.2) is 18.2 Å². The number of piperidine rings is 1. The molecule has 0 bridgehead atoms. The number of fused-ring (bicyclic) bond motifs is 1. The number of ether oxygens (including phenoxy) is 1. The van der Waals surface area contributed by atoms with Crippen molar-refractivity contribution in [3.05, 3.63) is 48.2 Å². The fourth-order valence-corrected chi connectivity index (χ4v) is 4.15. The van der Waals surface area contributed by atoms with Gasteiger partial charge in [0.25, 0.3) is 5.91 Å². The van der Waals surface area contributed by atoms with Crippen molar-refractivity contribution < 1.29 is 18.7 Å². The standard InChI is InChI=1S/C22H25FN6O3/c1-24-20(31)13-32-22-27-10-18(23)21(28-22)29-11-16-15(17(16)12-29)6-8-26-19(30)5-4-14-3-2-7-25-9-14/h2-5,7,9-10,15-17H,6,8,11-13H2,1H3,(H,24,31)(H,26,30)/b5-4+/t15?,16-,17+. The number of likely N-dealkylation sites (N-methyl/N-ethyl adjacent to an activating group) is 1. The van der Waals surface area contributed by atoms with E-state index in [1.54, 1.807) is 18.5 Å². The maximum Gasteiger partial charge on any atom is 0.319 e. The van der Waals surface area contributed by atoms with Crippen molar-refractivity contribution in [1.82, 2.24) is 25.6 Å². The number of halogens is 1. The third-order valence-corrected chi connectivity index (χ3v) is 5.87. The minimum Gasteiger partial charge on any atom is -0.453 e. The van der Waals surface area contributed by atoms with E-state index in [1.165, 1.54) is 13.1 Å². The summed E-state index contributed by atoms with van der Waals surface area (Å²) in [6.45, 7) is 1.78. The SMILES string of the molecule is CNC(=O)COc1ncc(F)c(N2C[C@@H]3C(CCNC(=O)/C=C/c4cccnc4)[C@@H]3C2)n1. The summed E-state index contributed by atoms with van der Waals surface area (Å²) in [6.07, 6.45) is 8.58. The minimum atomic E-state index is -0.511. The highest BCUT2D eigenvalue weighted by atomic mass is 19.1. The van der Waals surface area contributed by atoms with E-state index in [-0.39, 0.29) is 30.2 Å². The fraction of sp³-hybridized carbons (Fsp3) is 0.409. The molecule has 1 aliphatic carbocycles. The van der Waals surface area contributed by atoms with E-state index in [4.69, 9.17) is 4.74 Å². The molecular formula is C22H25FN6O3. The third-order valence-electron chi connectivity index (χ3n) is 5.87. The first kappa shape index (κ1) is 21.7. The molecule has 32 heavy (non-hydrogen) atoms. The van der Waals surface area contributed by atoms with Crippen LogP contribution in [0, 0.1) is 23.6 Å². The van der Waals surface area contributed by atoms with Gasteiger partial charge in [-0.15, -0.1) is 0 Å². The molecule has 2 aromatic rings. The van der Waals surface area contributed by atoms with Crippen molar-refractivity contribution >= 4 is 23.7 Å². The molecule has 168 valence electrons. The van der Waals surface area contributed by atoms with Crippen LogP contribution in [0.5, 0.6) is 6.01 Å². The molecular weight excluding hydrogens is 415 g/mol. The molecule has 2 aromatic heterocycles. The summed E-state index contributed by atoms with van der Waals surface area (Å²) in [7, 11) is 1.50. The van der Waals surface area contributed by atoms with Gasteiger partial charge < -0.3 is 20.3 Å². The number of pyridine rings is 1. The number of rotatable bonds is 9. The molecule has 0 radical (unpaired) electrons. The zero-order valence-corrected chi connectivity index (χ0v) is 17.7. The highest BCUT2D eigenvalue weighted by Crippen LogP contribution is 2.54. The molecule has 3 heterocycles. The van der Waals surface area contributed by atoms with Crippen molar-refractivity contribution in [2.24, 2.45) is 17.8 Å². The van der Waals surface area contributed by atoms with Gasteiger partial charge in [0.05, 0.1) is 6.20 Å². The van der Waals surface area contributed by atoms with Crippen molar-refractivity contribution in [2.45, 2.75) is 6.42 Å². The van der Waals surface area contributed by atoms with E-state index in [0.29, 0.717) is 37.4 Å². The summed E-state index contributed by atoms with van der Waals surface area (Å²) in [4.78, 5) is 37.1. The van der Waals surface area contributed by atoms with Crippen LogP contribution in [0.2, 0.25) is 0 Å². The van der Waals surface area contributed by atoms with Crippen molar-refractivity contribution in [1.29, 1.82) is 0 Å². The molecule has 2 N–H and O–H groups in total. The maximum atomic E-state index is 14.3. The Bertz CT molecular complexity index is 990. The molecule has 4 rings (SSSR count). The Labute approximate surface area is 185 Å². The van der Waals surface area contributed by atoms with E-state index in [0.717, 1.165) is 18.2 Å².